The second-order valence-corrected chi connectivity index (χ2v) is 14.4. The molecule has 1 N–H and O–H groups in total. The van der Waals surface area contributed by atoms with Crippen molar-refractivity contribution >= 4 is 62.3 Å². The molecule has 0 unspecified atom stereocenters. The Morgan fingerprint density at radius 1 is 0.909 bits per heavy atom. The largest absolute Gasteiger partial charge is 0.352 e. The second kappa shape index (κ2) is 15.5. The minimum absolute atomic E-state index is 0.0228. The van der Waals surface area contributed by atoms with Crippen molar-refractivity contribution in [3.63, 3.8) is 0 Å². The first-order chi connectivity index (χ1) is 20.9. The van der Waals surface area contributed by atoms with E-state index in [2.05, 4.69) is 5.32 Å². The van der Waals surface area contributed by atoms with E-state index in [1.165, 1.54) is 4.31 Å². The Balaban J connectivity index is 1.62. The molecule has 0 aromatic heterocycles. The lowest BCUT2D eigenvalue weighted by Gasteiger charge is -2.33. The minimum Gasteiger partial charge on any atom is -0.352 e. The van der Waals surface area contributed by atoms with E-state index in [0.717, 1.165) is 43.1 Å². The number of rotatable bonds is 13. The van der Waals surface area contributed by atoms with E-state index in [0.29, 0.717) is 32.7 Å². The molecule has 1 aliphatic rings. The zero-order valence-electron chi connectivity index (χ0n) is 24.9. The fraction of sp³-hybridized carbons (Fsp3) is 0.394. The molecule has 0 saturated heterocycles. The molecule has 1 saturated carbocycles. The summed E-state index contributed by atoms with van der Waals surface area (Å²) in [5.41, 5.74) is 2.76. The van der Waals surface area contributed by atoms with Gasteiger partial charge in [0.05, 0.1) is 22.0 Å². The molecule has 2 amide bonds. The van der Waals surface area contributed by atoms with Gasteiger partial charge in [-0.25, -0.2) is 8.42 Å². The monoisotopic (exact) mass is 677 g/mol. The third kappa shape index (κ3) is 9.13. The van der Waals surface area contributed by atoms with Crippen LogP contribution >= 0.6 is 34.8 Å². The highest BCUT2D eigenvalue weighted by molar-refractivity contribution is 7.92. The molecule has 44 heavy (non-hydrogen) atoms. The second-order valence-electron chi connectivity index (χ2n) is 11.3. The maximum Gasteiger partial charge on any atom is 0.243 e. The summed E-state index contributed by atoms with van der Waals surface area (Å²) >= 11 is 18.8. The van der Waals surface area contributed by atoms with E-state index in [1.54, 1.807) is 48.2 Å². The van der Waals surface area contributed by atoms with Gasteiger partial charge in [-0.15, -0.1) is 0 Å². The van der Waals surface area contributed by atoms with Crippen LogP contribution in [0.25, 0.3) is 0 Å². The maximum atomic E-state index is 14.1. The van der Waals surface area contributed by atoms with Crippen LogP contribution in [0, 0.1) is 6.92 Å². The molecule has 1 fully saturated rings. The summed E-state index contributed by atoms with van der Waals surface area (Å²) in [6.07, 6.45) is 5.65. The Kier molecular flexibility index (Phi) is 12.0. The number of carbonyl (C=O) groups is 2. The molecule has 7 nitrogen and oxygen atoms in total. The highest BCUT2D eigenvalue weighted by Gasteiger charge is 2.32. The SMILES string of the molecule is Cc1c(Cl)cccc1N(CCCC(=O)N(Cc1ccc(Cl)c(Cl)c1)[C@@H](Cc1ccccc1)C(=O)NC1CCCC1)S(C)(=O)=O. The van der Waals surface area contributed by atoms with E-state index < -0.39 is 16.1 Å². The van der Waals surface area contributed by atoms with Gasteiger partial charge in [0.2, 0.25) is 21.8 Å². The van der Waals surface area contributed by atoms with E-state index >= 15 is 0 Å². The van der Waals surface area contributed by atoms with Crippen molar-refractivity contribution in [2.45, 2.75) is 70.5 Å². The Hall–Kier alpha value is -2.78. The molecular weight excluding hydrogens is 641 g/mol. The van der Waals surface area contributed by atoms with Crippen molar-refractivity contribution < 1.29 is 18.0 Å². The number of nitrogens with one attached hydrogen (secondary N) is 1. The average Bonchev–Trinajstić information content (AvgIpc) is 3.49. The highest BCUT2D eigenvalue weighted by atomic mass is 35.5. The molecule has 11 heteroatoms. The molecule has 0 heterocycles. The van der Waals surface area contributed by atoms with E-state index in [9.17, 15) is 18.0 Å². The molecule has 1 aliphatic carbocycles. The maximum absolute atomic E-state index is 14.1. The van der Waals surface area contributed by atoms with Crippen LogP contribution in [0.3, 0.4) is 0 Å². The number of anilines is 1. The van der Waals surface area contributed by atoms with Gasteiger partial charge in [-0.1, -0.05) is 90.1 Å². The van der Waals surface area contributed by atoms with E-state index in [-0.39, 0.29) is 43.8 Å². The number of amides is 2. The van der Waals surface area contributed by atoms with Crippen molar-refractivity contribution in [3.05, 3.63) is 98.5 Å². The minimum atomic E-state index is -3.66. The van der Waals surface area contributed by atoms with Gasteiger partial charge in [0.15, 0.2) is 0 Å². The summed E-state index contributed by atoms with van der Waals surface area (Å²) in [5, 5.41) is 4.39. The number of hydrogen-bond donors (Lipinski definition) is 1. The molecule has 0 radical (unpaired) electrons. The molecule has 0 spiro atoms. The number of sulfonamides is 1. The van der Waals surface area contributed by atoms with Gasteiger partial charge in [-0.2, -0.15) is 0 Å². The Labute approximate surface area is 275 Å². The lowest BCUT2D eigenvalue weighted by Crippen LogP contribution is -2.52. The first kappa shape index (κ1) is 34.1. The fourth-order valence-corrected chi connectivity index (χ4v) is 7.11. The number of halogens is 3. The smallest absolute Gasteiger partial charge is 0.243 e. The predicted molar refractivity (Wildman–Crippen MR) is 179 cm³/mol. The summed E-state index contributed by atoms with van der Waals surface area (Å²) in [6, 6.07) is 19.1. The van der Waals surface area contributed by atoms with Crippen LogP contribution in [0.4, 0.5) is 5.69 Å². The summed E-state index contributed by atoms with van der Waals surface area (Å²) in [5.74, 6) is -0.476. The molecule has 4 rings (SSSR count). The Morgan fingerprint density at radius 2 is 1.61 bits per heavy atom. The number of carbonyl (C=O) groups excluding carboxylic acids is 2. The van der Waals surface area contributed by atoms with Gasteiger partial charge in [-0.3, -0.25) is 13.9 Å². The van der Waals surface area contributed by atoms with Crippen molar-refractivity contribution in [2.75, 3.05) is 17.1 Å². The van der Waals surface area contributed by atoms with Crippen LogP contribution in [0.1, 0.15) is 55.2 Å². The summed E-state index contributed by atoms with van der Waals surface area (Å²) < 4.78 is 26.8. The molecular formula is C33H38Cl3N3O4S. The van der Waals surface area contributed by atoms with Crippen LogP contribution in [0.15, 0.2) is 66.7 Å². The normalized spacial score (nSPS) is 14.3. The molecule has 0 aliphatic heterocycles. The summed E-state index contributed by atoms with van der Waals surface area (Å²) in [6.45, 7) is 1.97. The van der Waals surface area contributed by atoms with Crippen molar-refractivity contribution in [3.8, 4) is 0 Å². The number of benzene rings is 3. The van der Waals surface area contributed by atoms with Gasteiger partial charge in [0.1, 0.15) is 6.04 Å². The molecule has 3 aromatic carbocycles. The Bertz CT molecular complexity index is 1560. The standard InChI is InChI=1S/C33H38Cl3N3O4S/c1-23-27(34)14-8-15-30(23)39(44(2,42)43)19-9-16-32(40)38(22-25-17-18-28(35)29(36)20-25)31(21-24-10-4-3-5-11-24)33(41)37-26-12-6-7-13-26/h3-5,8,10-11,14-15,17-18,20,26,31H,6-7,9,12-13,16,19,21-22H2,1-2H3,(H,37,41)/t31-/m0/s1. The van der Waals surface area contributed by atoms with E-state index in [1.807, 2.05) is 30.3 Å². The van der Waals surface area contributed by atoms with Crippen LogP contribution in [0.2, 0.25) is 15.1 Å². The van der Waals surface area contributed by atoms with Crippen LogP contribution in [-0.4, -0.2) is 50.0 Å². The number of hydrogen-bond acceptors (Lipinski definition) is 4. The quantitative estimate of drug-likeness (QED) is 0.207. The van der Waals surface area contributed by atoms with Crippen LogP contribution in [-0.2, 0) is 32.6 Å². The lowest BCUT2D eigenvalue weighted by atomic mass is 10.0. The van der Waals surface area contributed by atoms with Crippen LogP contribution in [0.5, 0.6) is 0 Å². The Morgan fingerprint density at radius 3 is 2.27 bits per heavy atom. The molecule has 236 valence electrons. The fourth-order valence-electron chi connectivity index (χ4n) is 5.60. The van der Waals surface area contributed by atoms with Crippen LogP contribution < -0.4 is 9.62 Å². The third-order valence-electron chi connectivity index (χ3n) is 7.97. The van der Waals surface area contributed by atoms with Gasteiger partial charge < -0.3 is 10.2 Å². The third-order valence-corrected chi connectivity index (χ3v) is 10.3. The zero-order chi connectivity index (χ0) is 31.9. The van der Waals surface area contributed by atoms with E-state index in [4.69, 9.17) is 34.8 Å². The first-order valence-corrected chi connectivity index (χ1v) is 17.7. The topological polar surface area (TPSA) is 86.8 Å². The van der Waals surface area contributed by atoms with Gasteiger partial charge in [-0.05, 0) is 67.1 Å². The molecule has 3 aromatic rings. The van der Waals surface area contributed by atoms with Gasteiger partial charge in [0, 0.05) is 37.0 Å². The van der Waals surface area contributed by atoms with Gasteiger partial charge in [0.25, 0.3) is 0 Å². The summed E-state index contributed by atoms with van der Waals surface area (Å²) in [7, 11) is -3.66. The number of nitrogens with zero attached hydrogens (tertiary/aromatic N) is 2. The van der Waals surface area contributed by atoms with Crippen molar-refractivity contribution in [1.82, 2.24) is 10.2 Å². The molecule has 1 atom stereocenters. The van der Waals surface area contributed by atoms with Crippen molar-refractivity contribution in [2.24, 2.45) is 0 Å². The summed E-state index contributed by atoms with van der Waals surface area (Å²) in [4.78, 5) is 29.5. The molecule has 0 bridgehead atoms. The highest BCUT2D eigenvalue weighted by Crippen LogP contribution is 2.29. The first-order valence-electron chi connectivity index (χ1n) is 14.7. The predicted octanol–water partition coefficient (Wildman–Crippen LogP) is 7.20. The zero-order valence-corrected chi connectivity index (χ0v) is 28.0. The average molecular weight is 679 g/mol. The van der Waals surface area contributed by atoms with Crippen molar-refractivity contribution in [1.29, 1.82) is 0 Å². The van der Waals surface area contributed by atoms with Gasteiger partial charge >= 0.3 is 0 Å². The lowest BCUT2D eigenvalue weighted by molar-refractivity contribution is -0.141.